The van der Waals surface area contributed by atoms with Crippen LogP contribution in [0.1, 0.15) is 30.0 Å². The molecule has 1 aliphatic heterocycles. The number of halogens is 1. The first-order chi connectivity index (χ1) is 13.6. The Balaban J connectivity index is 1.47. The van der Waals surface area contributed by atoms with E-state index in [4.69, 9.17) is 0 Å². The number of anilines is 1. The Kier molecular flexibility index (Phi) is 5.34. The molecule has 0 spiro atoms. The summed E-state index contributed by atoms with van der Waals surface area (Å²) in [4.78, 5) is 13.2. The molecule has 1 atom stereocenters. The molecule has 0 bridgehead atoms. The summed E-state index contributed by atoms with van der Waals surface area (Å²) in [6.45, 7) is 2.85. The van der Waals surface area contributed by atoms with Gasteiger partial charge in [-0.3, -0.25) is 10.00 Å². The number of nitrogens with zero attached hydrogens (tertiary/aromatic N) is 5. The van der Waals surface area contributed by atoms with Crippen molar-refractivity contribution in [3.05, 3.63) is 59.9 Å². The zero-order chi connectivity index (χ0) is 19.5. The third-order valence-corrected chi connectivity index (χ3v) is 5.24. The van der Waals surface area contributed by atoms with Crippen LogP contribution in [0, 0.1) is 5.82 Å². The van der Waals surface area contributed by atoms with Crippen molar-refractivity contribution in [3.8, 4) is 11.1 Å². The van der Waals surface area contributed by atoms with Crippen molar-refractivity contribution < 1.29 is 4.39 Å². The summed E-state index contributed by atoms with van der Waals surface area (Å²) in [7, 11) is 3.88. The van der Waals surface area contributed by atoms with Crippen LogP contribution in [0.2, 0.25) is 0 Å². The Bertz CT molecular complexity index is 903. The molecule has 2 aromatic heterocycles. The first-order valence-corrected chi connectivity index (χ1v) is 9.60. The lowest BCUT2D eigenvalue weighted by atomic mass is 9.90. The molecule has 0 radical (unpaired) electrons. The van der Waals surface area contributed by atoms with E-state index in [-0.39, 0.29) is 5.82 Å². The molecule has 146 valence electrons. The van der Waals surface area contributed by atoms with E-state index in [1.165, 1.54) is 12.1 Å². The number of benzene rings is 1. The summed E-state index contributed by atoms with van der Waals surface area (Å²) in [5.41, 5.74) is 4.31. The number of H-pyrrole nitrogens is 1. The van der Waals surface area contributed by atoms with Crippen LogP contribution in [-0.2, 0) is 6.54 Å². The Morgan fingerprint density at radius 3 is 2.61 bits per heavy atom. The predicted octanol–water partition coefficient (Wildman–Crippen LogP) is 3.45. The number of piperidine rings is 1. The van der Waals surface area contributed by atoms with E-state index in [2.05, 4.69) is 25.1 Å². The normalized spacial score (nSPS) is 17.6. The number of hydrogen-bond acceptors (Lipinski definition) is 5. The van der Waals surface area contributed by atoms with E-state index in [1.807, 2.05) is 49.7 Å². The highest BCUT2D eigenvalue weighted by molar-refractivity contribution is 5.65. The molecule has 0 aliphatic carbocycles. The maximum absolute atomic E-state index is 13.3. The number of nitrogens with one attached hydrogen (secondary N) is 1. The van der Waals surface area contributed by atoms with Gasteiger partial charge in [-0.15, -0.1) is 0 Å². The molecule has 3 heterocycles. The van der Waals surface area contributed by atoms with E-state index in [0.29, 0.717) is 5.92 Å². The smallest absolute Gasteiger partial charge is 0.224 e. The van der Waals surface area contributed by atoms with Crippen molar-refractivity contribution in [3.63, 3.8) is 0 Å². The van der Waals surface area contributed by atoms with Crippen LogP contribution in [0.15, 0.2) is 42.9 Å². The van der Waals surface area contributed by atoms with E-state index < -0.39 is 0 Å². The largest absolute Gasteiger partial charge is 0.347 e. The van der Waals surface area contributed by atoms with Gasteiger partial charge < -0.3 is 4.90 Å². The fraction of sp³-hybridized carbons (Fsp3) is 0.381. The first-order valence-electron chi connectivity index (χ1n) is 9.60. The molecule has 0 amide bonds. The SMILES string of the molecule is CN(C)c1ncc(CN2CCCC(c3[nH]ncc3-c3ccc(F)cc3)C2)cn1. The molecule has 7 heteroatoms. The average Bonchev–Trinajstić information content (AvgIpc) is 3.19. The highest BCUT2D eigenvalue weighted by Gasteiger charge is 2.25. The monoisotopic (exact) mass is 380 g/mol. The van der Waals surface area contributed by atoms with E-state index >= 15 is 0 Å². The second-order valence-corrected chi connectivity index (χ2v) is 7.56. The molecule has 1 aromatic carbocycles. The average molecular weight is 380 g/mol. The zero-order valence-corrected chi connectivity index (χ0v) is 16.3. The molecule has 6 nitrogen and oxygen atoms in total. The third-order valence-electron chi connectivity index (χ3n) is 5.24. The molecule has 1 saturated heterocycles. The summed E-state index contributed by atoms with van der Waals surface area (Å²) in [5.74, 6) is 0.875. The lowest BCUT2D eigenvalue weighted by molar-refractivity contribution is 0.198. The second kappa shape index (κ2) is 8.06. The third kappa shape index (κ3) is 4.04. The number of likely N-dealkylation sites (tertiary alicyclic amines) is 1. The number of hydrogen-bond donors (Lipinski definition) is 1. The lowest BCUT2D eigenvalue weighted by Gasteiger charge is -2.32. The summed E-state index contributed by atoms with van der Waals surface area (Å²) < 4.78 is 13.3. The van der Waals surface area contributed by atoms with E-state index in [0.717, 1.165) is 60.8 Å². The minimum absolute atomic E-state index is 0.222. The summed E-state index contributed by atoms with van der Waals surface area (Å²) in [5, 5.41) is 7.46. The maximum atomic E-state index is 13.3. The number of aromatic nitrogens is 4. The molecule has 1 aliphatic rings. The molecule has 1 N–H and O–H groups in total. The van der Waals surface area contributed by atoms with Crippen molar-refractivity contribution in [2.75, 3.05) is 32.1 Å². The Hall–Kier alpha value is -2.80. The van der Waals surface area contributed by atoms with Gasteiger partial charge in [-0.1, -0.05) is 12.1 Å². The fourth-order valence-corrected chi connectivity index (χ4v) is 3.82. The van der Waals surface area contributed by atoms with Crippen LogP contribution in [0.5, 0.6) is 0 Å². The highest BCUT2D eigenvalue weighted by atomic mass is 19.1. The van der Waals surface area contributed by atoms with Gasteiger partial charge in [-0.05, 0) is 37.1 Å². The van der Waals surface area contributed by atoms with E-state index in [1.54, 1.807) is 0 Å². The quantitative estimate of drug-likeness (QED) is 0.735. The molecule has 4 rings (SSSR count). The van der Waals surface area contributed by atoms with Crippen LogP contribution < -0.4 is 4.90 Å². The lowest BCUT2D eigenvalue weighted by Crippen LogP contribution is -2.34. The zero-order valence-electron chi connectivity index (χ0n) is 16.3. The van der Waals surface area contributed by atoms with Crippen LogP contribution in [0.25, 0.3) is 11.1 Å². The molecule has 0 saturated carbocycles. The minimum Gasteiger partial charge on any atom is -0.347 e. The van der Waals surface area contributed by atoms with Gasteiger partial charge in [0.2, 0.25) is 5.95 Å². The fourth-order valence-electron chi connectivity index (χ4n) is 3.82. The topological polar surface area (TPSA) is 60.9 Å². The minimum atomic E-state index is -0.222. The van der Waals surface area contributed by atoms with Gasteiger partial charge in [-0.2, -0.15) is 5.10 Å². The predicted molar refractivity (Wildman–Crippen MR) is 108 cm³/mol. The number of aromatic amines is 1. The standard InChI is InChI=1S/C21H25FN6/c1-27(2)21-23-10-15(11-24-21)13-28-9-3-4-17(14-28)20-19(12-25-26-20)16-5-7-18(22)8-6-16/h5-8,10-12,17H,3-4,9,13-14H2,1-2H3,(H,25,26). The molecular weight excluding hydrogens is 355 g/mol. The summed E-state index contributed by atoms with van der Waals surface area (Å²) in [6, 6.07) is 6.62. The highest BCUT2D eigenvalue weighted by Crippen LogP contribution is 2.33. The van der Waals surface area contributed by atoms with Crippen molar-refractivity contribution in [2.24, 2.45) is 0 Å². The molecule has 1 unspecified atom stereocenters. The van der Waals surface area contributed by atoms with Gasteiger partial charge in [-0.25, -0.2) is 14.4 Å². The van der Waals surface area contributed by atoms with Gasteiger partial charge >= 0.3 is 0 Å². The van der Waals surface area contributed by atoms with Gasteiger partial charge in [0, 0.05) is 62.3 Å². The van der Waals surface area contributed by atoms with Gasteiger partial charge in [0.15, 0.2) is 0 Å². The number of rotatable bonds is 5. The Morgan fingerprint density at radius 1 is 1.14 bits per heavy atom. The van der Waals surface area contributed by atoms with Crippen LogP contribution in [0.3, 0.4) is 0 Å². The van der Waals surface area contributed by atoms with Gasteiger partial charge in [0.05, 0.1) is 6.20 Å². The van der Waals surface area contributed by atoms with Crippen LogP contribution >= 0.6 is 0 Å². The van der Waals surface area contributed by atoms with Gasteiger partial charge in [0.1, 0.15) is 5.82 Å². The van der Waals surface area contributed by atoms with Crippen molar-refractivity contribution in [1.29, 1.82) is 0 Å². The van der Waals surface area contributed by atoms with Crippen molar-refractivity contribution in [1.82, 2.24) is 25.1 Å². The van der Waals surface area contributed by atoms with Crippen molar-refractivity contribution in [2.45, 2.75) is 25.3 Å². The Labute approximate surface area is 164 Å². The Morgan fingerprint density at radius 2 is 1.89 bits per heavy atom. The van der Waals surface area contributed by atoms with E-state index in [9.17, 15) is 4.39 Å². The molecule has 3 aromatic rings. The van der Waals surface area contributed by atoms with Gasteiger partial charge in [0.25, 0.3) is 0 Å². The van der Waals surface area contributed by atoms with Crippen molar-refractivity contribution >= 4 is 5.95 Å². The molecule has 28 heavy (non-hydrogen) atoms. The van der Waals surface area contributed by atoms with Crippen LogP contribution in [0.4, 0.5) is 10.3 Å². The second-order valence-electron chi connectivity index (χ2n) is 7.56. The first kappa shape index (κ1) is 18.6. The van der Waals surface area contributed by atoms with Crippen LogP contribution in [-0.4, -0.2) is 52.3 Å². The molecular formula is C21H25FN6. The summed E-state index contributed by atoms with van der Waals surface area (Å²) >= 11 is 0. The maximum Gasteiger partial charge on any atom is 0.224 e. The summed E-state index contributed by atoms with van der Waals surface area (Å²) in [6.07, 6.45) is 7.90. The molecule has 1 fully saturated rings.